The molecule has 4 aromatic rings. The van der Waals surface area contributed by atoms with Gasteiger partial charge in [0.2, 0.25) is 5.16 Å². The van der Waals surface area contributed by atoms with E-state index in [9.17, 15) is 0 Å². The van der Waals surface area contributed by atoms with Crippen LogP contribution in [0.5, 0.6) is 0 Å². The van der Waals surface area contributed by atoms with E-state index in [2.05, 4.69) is 31.1 Å². The number of nitrogens with zero attached hydrogens (tertiary/aromatic N) is 8. The van der Waals surface area contributed by atoms with E-state index in [0.29, 0.717) is 12.3 Å². The number of hydrogen-bond acceptors (Lipinski definition) is 7. The average molecular weight is 350 g/mol. The van der Waals surface area contributed by atoms with Crippen LogP contribution in [-0.4, -0.2) is 40.4 Å². The van der Waals surface area contributed by atoms with Crippen molar-refractivity contribution in [1.82, 2.24) is 40.4 Å². The Bertz CT molecular complexity index is 935. The first-order valence-electron chi connectivity index (χ1n) is 7.66. The van der Waals surface area contributed by atoms with Crippen LogP contribution in [0, 0.1) is 0 Å². The van der Waals surface area contributed by atoms with Gasteiger partial charge in [0, 0.05) is 0 Å². The second-order valence-electron chi connectivity index (χ2n) is 5.24. The van der Waals surface area contributed by atoms with Crippen LogP contribution in [0.25, 0.3) is 5.69 Å². The molecule has 9 heteroatoms. The summed E-state index contributed by atoms with van der Waals surface area (Å²) >= 11 is 1.50. The maximum Gasteiger partial charge on any atom is 0.210 e. The number of aromatic nitrogens is 8. The molecule has 2 aromatic carbocycles. The Balaban J connectivity index is 1.49. The number of thioether (sulfide) groups is 1. The van der Waals surface area contributed by atoms with Crippen LogP contribution in [0.15, 0.2) is 65.8 Å². The second kappa shape index (κ2) is 7.22. The first-order chi connectivity index (χ1) is 12.4. The molecule has 0 bridgehead atoms. The molecule has 0 fully saturated rings. The average Bonchev–Trinajstić information content (AvgIpc) is 3.31. The van der Waals surface area contributed by atoms with Crippen LogP contribution in [0.3, 0.4) is 0 Å². The highest BCUT2D eigenvalue weighted by Gasteiger charge is 2.12. The second-order valence-corrected chi connectivity index (χ2v) is 6.18. The van der Waals surface area contributed by atoms with E-state index < -0.39 is 0 Å². The lowest BCUT2D eigenvalue weighted by Gasteiger charge is -2.05. The zero-order valence-corrected chi connectivity index (χ0v) is 14.0. The van der Waals surface area contributed by atoms with E-state index in [0.717, 1.165) is 22.2 Å². The summed E-state index contributed by atoms with van der Waals surface area (Å²) in [7, 11) is 0. The van der Waals surface area contributed by atoms with Gasteiger partial charge in [0.1, 0.15) is 0 Å². The summed E-state index contributed by atoms with van der Waals surface area (Å²) in [5.74, 6) is 1.31. The maximum absolute atomic E-state index is 4.11. The van der Waals surface area contributed by atoms with Crippen molar-refractivity contribution in [2.45, 2.75) is 17.5 Å². The fourth-order valence-electron chi connectivity index (χ4n) is 2.35. The van der Waals surface area contributed by atoms with Gasteiger partial charge in [0.15, 0.2) is 5.82 Å². The largest absolute Gasteiger partial charge is 0.216 e. The molecule has 0 aliphatic rings. The molecule has 124 valence electrons. The van der Waals surface area contributed by atoms with Crippen LogP contribution in [0.2, 0.25) is 0 Å². The highest BCUT2D eigenvalue weighted by atomic mass is 32.2. The molecule has 2 heterocycles. The molecule has 0 unspecified atom stereocenters. The van der Waals surface area contributed by atoms with Gasteiger partial charge in [-0.05, 0) is 38.5 Å². The predicted molar refractivity (Wildman–Crippen MR) is 92.1 cm³/mol. The van der Waals surface area contributed by atoms with Crippen molar-refractivity contribution in [3.05, 3.63) is 72.1 Å². The van der Waals surface area contributed by atoms with Gasteiger partial charge in [-0.1, -0.05) is 60.3 Å². The number of tetrazole rings is 2. The topological polar surface area (TPSA) is 87.2 Å². The van der Waals surface area contributed by atoms with Crippen molar-refractivity contribution in [2.24, 2.45) is 0 Å². The molecule has 0 aliphatic carbocycles. The Morgan fingerprint density at radius 1 is 0.800 bits per heavy atom. The van der Waals surface area contributed by atoms with Crippen LogP contribution in [-0.2, 0) is 12.3 Å². The normalized spacial score (nSPS) is 10.9. The van der Waals surface area contributed by atoms with Crippen LogP contribution >= 0.6 is 11.8 Å². The van der Waals surface area contributed by atoms with E-state index in [1.54, 1.807) is 9.36 Å². The Morgan fingerprint density at radius 2 is 1.52 bits per heavy atom. The van der Waals surface area contributed by atoms with Gasteiger partial charge in [0.25, 0.3) is 0 Å². The van der Waals surface area contributed by atoms with Gasteiger partial charge in [-0.15, -0.1) is 10.2 Å². The fraction of sp³-hybridized carbons (Fsp3) is 0.125. The summed E-state index contributed by atoms with van der Waals surface area (Å²) in [5.41, 5.74) is 2.07. The quantitative estimate of drug-likeness (QED) is 0.491. The van der Waals surface area contributed by atoms with Crippen molar-refractivity contribution >= 4 is 11.8 Å². The Labute approximate surface area is 147 Å². The molecule has 8 nitrogen and oxygen atoms in total. The van der Waals surface area contributed by atoms with Crippen LogP contribution in [0.4, 0.5) is 0 Å². The molecule has 0 amide bonds. The van der Waals surface area contributed by atoms with Gasteiger partial charge >= 0.3 is 0 Å². The Kier molecular flexibility index (Phi) is 4.46. The summed E-state index contributed by atoms with van der Waals surface area (Å²) in [6.45, 7) is 0.625. The van der Waals surface area contributed by atoms with Crippen molar-refractivity contribution in [2.75, 3.05) is 0 Å². The summed E-state index contributed by atoms with van der Waals surface area (Å²) in [5, 5.41) is 24.6. The lowest BCUT2D eigenvalue weighted by Crippen LogP contribution is -2.05. The summed E-state index contributed by atoms with van der Waals surface area (Å²) in [6, 6.07) is 19.9. The molecule has 0 saturated carbocycles. The maximum atomic E-state index is 4.11. The molecule has 2 aromatic heterocycles. The lowest BCUT2D eigenvalue weighted by atomic mass is 10.2. The molecule has 25 heavy (non-hydrogen) atoms. The highest BCUT2D eigenvalue weighted by Crippen LogP contribution is 2.20. The molecular formula is C16H14N8S. The fourth-order valence-corrected chi connectivity index (χ4v) is 3.13. The third-order valence-corrected chi connectivity index (χ3v) is 4.49. The predicted octanol–water partition coefficient (Wildman–Crippen LogP) is 1.99. The smallest absolute Gasteiger partial charge is 0.210 e. The molecule has 0 N–H and O–H groups in total. The SMILES string of the molecule is c1ccc(Cn2nnnc2SCc2nnnn2-c2ccccc2)cc1. The van der Waals surface area contributed by atoms with Crippen molar-refractivity contribution < 1.29 is 0 Å². The van der Waals surface area contributed by atoms with Gasteiger partial charge in [-0.2, -0.15) is 4.68 Å². The van der Waals surface area contributed by atoms with Gasteiger partial charge in [-0.25, -0.2) is 4.68 Å². The molecule has 0 spiro atoms. The van der Waals surface area contributed by atoms with Crippen molar-refractivity contribution in [1.29, 1.82) is 0 Å². The van der Waals surface area contributed by atoms with E-state index >= 15 is 0 Å². The summed E-state index contributed by atoms with van der Waals surface area (Å²) in [6.07, 6.45) is 0. The van der Waals surface area contributed by atoms with Crippen molar-refractivity contribution in [3.63, 3.8) is 0 Å². The number of para-hydroxylation sites is 1. The van der Waals surface area contributed by atoms with E-state index in [1.807, 2.05) is 60.7 Å². The number of hydrogen-bond donors (Lipinski definition) is 0. The van der Waals surface area contributed by atoms with Gasteiger partial charge in [0.05, 0.1) is 18.0 Å². The molecule has 0 radical (unpaired) electrons. The standard InChI is InChI=1S/C16H14N8S/c1-3-7-13(8-4-1)11-23-16(18-20-21-23)25-12-15-17-19-22-24(15)14-9-5-2-6-10-14/h1-10H,11-12H2. The summed E-state index contributed by atoms with van der Waals surface area (Å²) < 4.78 is 3.50. The van der Waals surface area contributed by atoms with Gasteiger partial charge in [-0.3, -0.25) is 0 Å². The third kappa shape index (κ3) is 3.56. The highest BCUT2D eigenvalue weighted by molar-refractivity contribution is 7.98. The minimum absolute atomic E-state index is 0.567. The number of rotatable bonds is 6. The Morgan fingerprint density at radius 3 is 2.32 bits per heavy atom. The summed E-state index contributed by atoms with van der Waals surface area (Å²) in [4.78, 5) is 0. The van der Waals surface area contributed by atoms with Crippen LogP contribution < -0.4 is 0 Å². The molecule has 4 rings (SSSR count). The zero-order valence-electron chi connectivity index (χ0n) is 13.2. The lowest BCUT2D eigenvalue weighted by molar-refractivity contribution is 0.602. The van der Waals surface area contributed by atoms with Gasteiger partial charge < -0.3 is 0 Å². The molecule has 0 saturated heterocycles. The third-order valence-electron chi connectivity index (χ3n) is 3.54. The zero-order chi connectivity index (χ0) is 16.9. The monoisotopic (exact) mass is 350 g/mol. The van der Waals surface area contributed by atoms with Crippen molar-refractivity contribution in [3.8, 4) is 5.69 Å². The number of benzene rings is 2. The minimum atomic E-state index is 0.567. The van der Waals surface area contributed by atoms with E-state index in [4.69, 9.17) is 0 Å². The molecular weight excluding hydrogens is 336 g/mol. The van der Waals surface area contributed by atoms with Crippen LogP contribution in [0.1, 0.15) is 11.4 Å². The van der Waals surface area contributed by atoms with E-state index in [1.165, 1.54) is 11.8 Å². The first-order valence-corrected chi connectivity index (χ1v) is 8.64. The first kappa shape index (κ1) is 15.5. The Hall–Kier alpha value is -3.07. The van der Waals surface area contributed by atoms with E-state index in [-0.39, 0.29) is 0 Å². The molecule has 0 atom stereocenters. The minimum Gasteiger partial charge on any atom is -0.216 e. The molecule has 0 aliphatic heterocycles.